The molecule has 28 heavy (non-hydrogen) atoms. The summed E-state index contributed by atoms with van der Waals surface area (Å²) < 4.78 is 48.8. The van der Waals surface area contributed by atoms with Crippen LogP contribution in [0.25, 0.3) is 0 Å². The second-order valence-electron chi connectivity index (χ2n) is 5.70. The molecule has 0 aliphatic heterocycles. The minimum absolute atomic E-state index is 0.00107. The maximum Gasteiger partial charge on any atom is 0.416 e. The number of pyridine rings is 1. The molecule has 10 heteroatoms. The Morgan fingerprint density at radius 2 is 2.07 bits per heavy atom. The summed E-state index contributed by atoms with van der Waals surface area (Å²) in [4.78, 5) is 16.4. The summed E-state index contributed by atoms with van der Waals surface area (Å²) >= 11 is 5.74. The Labute approximate surface area is 162 Å². The van der Waals surface area contributed by atoms with Gasteiger partial charge in [-0.15, -0.1) is 0 Å². The van der Waals surface area contributed by atoms with E-state index in [1.807, 2.05) is 0 Å². The topological polar surface area (TPSA) is 77.3 Å². The third-order valence-electron chi connectivity index (χ3n) is 3.71. The lowest BCUT2D eigenvalue weighted by Crippen LogP contribution is -2.16. The van der Waals surface area contributed by atoms with Crippen molar-refractivity contribution in [2.24, 2.45) is 0 Å². The second kappa shape index (κ2) is 7.89. The van der Waals surface area contributed by atoms with Gasteiger partial charge in [0.25, 0.3) is 5.91 Å². The molecular formula is C18H13ClF3N3O3. The van der Waals surface area contributed by atoms with E-state index in [1.54, 1.807) is 13.0 Å². The number of hydrogen-bond acceptors (Lipinski definition) is 5. The van der Waals surface area contributed by atoms with Gasteiger partial charge in [-0.25, -0.2) is 4.98 Å². The van der Waals surface area contributed by atoms with Gasteiger partial charge < -0.3 is 14.6 Å². The number of aryl methyl sites for hydroxylation is 1. The third-order valence-corrected chi connectivity index (χ3v) is 3.94. The first kappa shape index (κ1) is 19.7. The smallest absolute Gasteiger partial charge is 0.416 e. The summed E-state index contributed by atoms with van der Waals surface area (Å²) in [5, 5.41) is 6.64. The number of benzene rings is 1. The van der Waals surface area contributed by atoms with E-state index in [0.717, 1.165) is 12.1 Å². The fraction of sp³-hybridized carbons (Fsp3) is 0.167. The number of nitrogens with zero attached hydrogens (tertiary/aromatic N) is 2. The van der Waals surface area contributed by atoms with Gasteiger partial charge in [-0.1, -0.05) is 22.8 Å². The molecule has 3 aromatic rings. The number of nitrogens with one attached hydrogen (secondary N) is 1. The first-order chi connectivity index (χ1) is 13.2. The van der Waals surface area contributed by atoms with Crippen LogP contribution in [0.1, 0.15) is 27.4 Å². The zero-order valence-electron chi connectivity index (χ0n) is 14.4. The third kappa shape index (κ3) is 4.61. The number of carbonyl (C=O) groups excluding carboxylic acids is 1. The first-order valence-corrected chi connectivity index (χ1v) is 8.30. The minimum atomic E-state index is -4.48. The van der Waals surface area contributed by atoms with E-state index in [2.05, 4.69) is 15.5 Å². The number of amides is 1. The molecule has 3 rings (SSSR count). The number of carbonyl (C=O) groups is 1. The van der Waals surface area contributed by atoms with Crippen molar-refractivity contribution >= 4 is 23.3 Å². The van der Waals surface area contributed by atoms with Crippen LogP contribution in [0, 0.1) is 6.92 Å². The van der Waals surface area contributed by atoms with Crippen molar-refractivity contribution in [3.05, 3.63) is 70.2 Å². The molecule has 0 fully saturated rings. The molecule has 0 saturated carbocycles. The Hall–Kier alpha value is -3.07. The number of hydrogen-bond donors (Lipinski definition) is 1. The highest BCUT2D eigenvalue weighted by molar-refractivity contribution is 6.30. The number of halogens is 4. The molecule has 2 heterocycles. The van der Waals surface area contributed by atoms with Gasteiger partial charge in [-0.3, -0.25) is 4.79 Å². The van der Waals surface area contributed by atoms with E-state index < -0.39 is 17.6 Å². The van der Waals surface area contributed by atoms with Crippen LogP contribution < -0.4 is 10.1 Å². The van der Waals surface area contributed by atoms with Gasteiger partial charge in [0, 0.05) is 6.20 Å². The predicted molar refractivity (Wildman–Crippen MR) is 94.2 cm³/mol. The van der Waals surface area contributed by atoms with Crippen molar-refractivity contribution in [3.63, 3.8) is 0 Å². The molecule has 0 aliphatic carbocycles. The zero-order chi connectivity index (χ0) is 20.3. The van der Waals surface area contributed by atoms with Crippen LogP contribution in [0.2, 0.25) is 5.02 Å². The van der Waals surface area contributed by atoms with Crippen LogP contribution in [-0.4, -0.2) is 16.0 Å². The minimum Gasteiger partial charge on any atom is -0.489 e. The quantitative estimate of drug-likeness (QED) is 0.647. The molecule has 0 aliphatic rings. The van der Waals surface area contributed by atoms with Crippen LogP contribution in [-0.2, 0) is 12.8 Å². The number of anilines is 1. The predicted octanol–water partition coefficient (Wildman–Crippen LogP) is 4.88. The maximum atomic E-state index is 12.8. The Bertz CT molecular complexity index is 988. The summed E-state index contributed by atoms with van der Waals surface area (Å²) in [5.74, 6) is -0.0449. The number of aromatic nitrogens is 2. The summed E-state index contributed by atoms with van der Waals surface area (Å²) in [6.07, 6.45) is -3.12. The normalized spacial score (nSPS) is 11.3. The van der Waals surface area contributed by atoms with Gasteiger partial charge in [-0.05, 0) is 37.3 Å². The molecule has 0 radical (unpaired) electrons. The van der Waals surface area contributed by atoms with Gasteiger partial charge in [0.2, 0.25) is 0 Å². The van der Waals surface area contributed by atoms with Crippen LogP contribution in [0.15, 0.2) is 47.1 Å². The average molecular weight is 412 g/mol. The number of alkyl halides is 3. The summed E-state index contributed by atoms with van der Waals surface area (Å²) in [6.45, 7) is 1.36. The molecule has 0 unspecified atom stereocenters. The highest BCUT2D eigenvalue weighted by Gasteiger charge is 2.30. The lowest BCUT2D eigenvalue weighted by molar-refractivity contribution is -0.137. The largest absolute Gasteiger partial charge is 0.489 e. The van der Waals surface area contributed by atoms with E-state index in [1.165, 1.54) is 24.4 Å². The highest BCUT2D eigenvalue weighted by Crippen LogP contribution is 2.31. The molecule has 6 nitrogen and oxygen atoms in total. The fourth-order valence-corrected chi connectivity index (χ4v) is 2.39. The second-order valence-corrected chi connectivity index (χ2v) is 6.13. The van der Waals surface area contributed by atoms with Gasteiger partial charge in [-0.2, -0.15) is 13.2 Å². The van der Waals surface area contributed by atoms with Crippen LogP contribution >= 0.6 is 11.6 Å². The van der Waals surface area contributed by atoms with E-state index in [-0.39, 0.29) is 23.9 Å². The van der Waals surface area contributed by atoms with Crippen molar-refractivity contribution in [1.82, 2.24) is 10.1 Å². The van der Waals surface area contributed by atoms with Gasteiger partial charge in [0.15, 0.2) is 5.69 Å². The molecule has 0 atom stereocenters. The van der Waals surface area contributed by atoms with E-state index in [9.17, 15) is 18.0 Å². The molecular weight excluding hydrogens is 399 g/mol. The van der Waals surface area contributed by atoms with Gasteiger partial charge >= 0.3 is 6.18 Å². The zero-order valence-corrected chi connectivity index (χ0v) is 15.1. The van der Waals surface area contributed by atoms with Crippen molar-refractivity contribution < 1.29 is 27.2 Å². The van der Waals surface area contributed by atoms with Crippen LogP contribution in [0.3, 0.4) is 0 Å². The Kier molecular flexibility index (Phi) is 5.55. The Morgan fingerprint density at radius 1 is 1.29 bits per heavy atom. The average Bonchev–Trinajstić information content (AvgIpc) is 3.02. The maximum absolute atomic E-state index is 12.8. The molecule has 2 aromatic heterocycles. The van der Waals surface area contributed by atoms with Gasteiger partial charge in [0.1, 0.15) is 23.9 Å². The molecule has 0 saturated heterocycles. The highest BCUT2D eigenvalue weighted by atomic mass is 35.5. The van der Waals surface area contributed by atoms with Crippen LogP contribution in [0.5, 0.6) is 5.75 Å². The first-order valence-electron chi connectivity index (χ1n) is 7.92. The molecule has 146 valence electrons. The van der Waals surface area contributed by atoms with Crippen molar-refractivity contribution in [2.45, 2.75) is 19.7 Å². The lowest BCUT2D eigenvalue weighted by atomic mass is 10.2. The monoisotopic (exact) mass is 411 g/mol. The lowest BCUT2D eigenvalue weighted by Gasteiger charge is -2.10. The molecule has 1 amide bonds. The van der Waals surface area contributed by atoms with Crippen molar-refractivity contribution in [1.29, 1.82) is 0 Å². The summed E-state index contributed by atoms with van der Waals surface area (Å²) in [5.41, 5.74) is -0.580. The SMILES string of the molecule is Cc1onc(C(=O)Nc2ccc(Cl)cn2)c1COc1cccc(C(F)(F)F)c1. The van der Waals surface area contributed by atoms with Crippen molar-refractivity contribution in [2.75, 3.05) is 5.32 Å². The fourth-order valence-electron chi connectivity index (χ4n) is 2.28. The van der Waals surface area contributed by atoms with E-state index >= 15 is 0 Å². The van der Waals surface area contributed by atoms with E-state index in [4.69, 9.17) is 20.9 Å². The Balaban J connectivity index is 1.74. The van der Waals surface area contributed by atoms with Crippen molar-refractivity contribution in [3.8, 4) is 5.75 Å². The molecule has 1 aromatic carbocycles. The summed E-state index contributed by atoms with van der Waals surface area (Å²) in [6, 6.07) is 7.49. The standard InChI is InChI=1S/C18H13ClF3N3O3/c1-10-14(9-27-13-4-2-3-11(7-13)18(20,21)22)16(25-28-10)17(26)24-15-6-5-12(19)8-23-15/h2-8H,9H2,1H3,(H,23,24,26). The molecule has 0 bridgehead atoms. The van der Waals surface area contributed by atoms with Gasteiger partial charge in [0.05, 0.1) is 16.1 Å². The molecule has 0 spiro atoms. The Morgan fingerprint density at radius 3 is 2.75 bits per heavy atom. The number of rotatable bonds is 5. The molecule has 1 N–H and O–H groups in total. The summed E-state index contributed by atoms with van der Waals surface area (Å²) in [7, 11) is 0. The van der Waals surface area contributed by atoms with E-state index in [0.29, 0.717) is 16.3 Å². The van der Waals surface area contributed by atoms with Crippen LogP contribution in [0.4, 0.5) is 19.0 Å². The number of ether oxygens (including phenoxy) is 1.